The van der Waals surface area contributed by atoms with Crippen molar-refractivity contribution in [1.82, 2.24) is 20.0 Å². The first-order chi connectivity index (χ1) is 17.0. The smallest absolute Gasteiger partial charge is 0.320 e. The fourth-order valence-corrected chi connectivity index (χ4v) is 4.40. The van der Waals surface area contributed by atoms with Crippen molar-refractivity contribution in [3.63, 3.8) is 0 Å². The number of carboxylic acid groups (broad SMARTS) is 1. The number of amides is 3. The molecule has 0 bridgehead atoms. The zero-order valence-corrected chi connectivity index (χ0v) is 21.7. The molecule has 1 aliphatic heterocycles. The highest BCUT2D eigenvalue weighted by Crippen LogP contribution is 2.28. The third-order valence-corrected chi connectivity index (χ3v) is 6.44. The van der Waals surface area contributed by atoms with Crippen molar-refractivity contribution in [3.05, 3.63) is 47.5 Å². The van der Waals surface area contributed by atoms with Gasteiger partial charge in [-0.1, -0.05) is 38.1 Å². The van der Waals surface area contributed by atoms with Crippen LogP contribution in [0.4, 0.5) is 0 Å². The number of aliphatic carboxylic acids is 1. The summed E-state index contributed by atoms with van der Waals surface area (Å²) in [6.07, 6.45) is 0.456. The van der Waals surface area contributed by atoms with Crippen LogP contribution in [0.2, 0.25) is 0 Å². The Labute approximate surface area is 212 Å². The summed E-state index contributed by atoms with van der Waals surface area (Å²) in [5, 5.41) is 14.6. The number of nitrogens with zero attached hydrogens (tertiary/aromatic N) is 3. The summed E-state index contributed by atoms with van der Waals surface area (Å²) < 4.78 is 0. The van der Waals surface area contributed by atoms with Crippen LogP contribution in [-0.2, 0) is 9.59 Å². The second kappa shape index (κ2) is 11.6. The Hall–Kier alpha value is -3.30. The molecule has 0 unspecified atom stereocenters. The number of carboxylic acids is 1. The van der Waals surface area contributed by atoms with E-state index in [1.807, 2.05) is 57.1 Å². The molecule has 2 aromatic carbocycles. The molecule has 0 saturated carbocycles. The van der Waals surface area contributed by atoms with Crippen molar-refractivity contribution in [2.24, 2.45) is 5.92 Å². The lowest BCUT2D eigenvalue weighted by molar-refractivity contribution is -0.141. The molecule has 0 saturated heterocycles. The highest BCUT2D eigenvalue weighted by atomic mass is 16.4. The highest BCUT2D eigenvalue weighted by Gasteiger charge is 2.37. The molecule has 9 heteroatoms. The van der Waals surface area contributed by atoms with Crippen LogP contribution in [0.25, 0.3) is 10.8 Å². The number of hydrogen-bond acceptors (Lipinski definition) is 6. The average Bonchev–Trinajstić information content (AvgIpc) is 3.05. The number of fused-ring (bicyclic) bond motifs is 2. The lowest BCUT2D eigenvalue weighted by Gasteiger charge is -2.29. The summed E-state index contributed by atoms with van der Waals surface area (Å²) in [7, 11) is 5.55. The molecule has 0 spiro atoms. The predicted octanol–water partition coefficient (Wildman–Crippen LogP) is 2.30. The second-order valence-electron chi connectivity index (χ2n) is 10.1. The Morgan fingerprint density at radius 3 is 1.97 bits per heavy atom. The zero-order chi connectivity index (χ0) is 26.6. The number of hydrogen-bond donors (Lipinski definition) is 2. The van der Waals surface area contributed by atoms with Crippen LogP contribution >= 0.6 is 0 Å². The molecule has 0 aliphatic carbocycles. The van der Waals surface area contributed by atoms with Crippen LogP contribution in [-0.4, -0.2) is 96.4 Å². The minimum absolute atomic E-state index is 0.0103. The average molecular weight is 497 g/mol. The first kappa shape index (κ1) is 27.3. The van der Waals surface area contributed by atoms with Gasteiger partial charge in [0.1, 0.15) is 6.04 Å². The van der Waals surface area contributed by atoms with E-state index in [-0.39, 0.29) is 24.8 Å². The molecule has 36 heavy (non-hydrogen) atoms. The van der Waals surface area contributed by atoms with E-state index in [2.05, 4.69) is 5.32 Å². The van der Waals surface area contributed by atoms with Gasteiger partial charge in [0.25, 0.3) is 11.8 Å². The molecule has 194 valence electrons. The molecular formula is C27H36N4O5. The summed E-state index contributed by atoms with van der Waals surface area (Å²) in [4.78, 5) is 55.9. The predicted molar refractivity (Wildman–Crippen MR) is 138 cm³/mol. The minimum atomic E-state index is -1.13. The highest BCUT2D eigenvalue weighted by molar-refractivity contribution is 6.23. The molecular weight excluding hydrogens is 460 g/mol. The monoisotopic (exact) mass is 496 g/mol. The molecule has 0 radical (unpaired) electrons. The fourth-order valence-electron chi connectivity index (χ4n) is 4.40. The molecule has 9 nitrogen and oxygen atoms in total. The van der Waals surface area contributed by atoms with Crippen molar-refractivity contribution in [1.29, 1.82) is 0 Å². The Morgan fingerprint density at radius 1 is 0.944 bits per heavy atom. The van der Waals surface area contributed by atoms with E-state index in [1.165, 1.54) is 0 Å². The van der Waals surface area contributed by atoms with E-state index in [9.17, 15) is 24.3 Å². The second-order valence-corrected chi connectivity index (χ2v) is 10.1. The van der Waals surface area contributed by atoms with Crippen molar-refractivity contribution >= 4 is 34.5 Å². The Bertz CT molecular complexity index is 1090. The van der Waals surface area contributed by atoms with Gasteiger partial charge in [0, 0.05) is 26.7 Å². The number of likely N-dealkylation sites (N-methyl/N-ethyl adjacent to an activating group) is 2. The van der Waals surface area contributed by atoms with E-state index in [0.29, 0.717) is 30.6 Å². The van der Waals surface area contributed by atoms with Gasteiger partial charge < -0.3 is 14.9 Å². The van der Waals surface area contributed by atoms with Crippen LogP contribution in [0.5, 0.6) is 0 Å². The number of rotatable bonds is 12. The maximum absolute atomic E-state index is 13.1. The van der Waals surface area contributed by atoms with Gasteiger partial charge in [-0.2, -0.15) is 0 Å². The van der Waals surface area contributed by atoms with Crippen LogP contribution in [0, 0.1) is 5.92 Å². The summed E-state index contributed by atoms with van der Waals surface area (Å²) in [5.74, 6) is -2.00. The van der Waals surface area contributed by atoms with E-state index < -0.39 is 29.9 Å². The molecule has 2 atom stereocenters. The molecule has 2 aromatic rings. The van der Waals surface area contributed by atoms with Crippen molar-refractivity contribution in [2.75, 3.05) is 40.8 Å². The van der Waals surface area contributed by atoms with Gasteiger partial charge in [-0.25, -0.2) is 0 Å². The van der Waals surface area contributed by atoms with Gasteiger partial charge in [0.2, 0.25) is 5.91 Å². The Kier molecular flexibility index (Phi) is 8.81. The van der Waals surface area contributed by atoms with Gasteiger partial charge in [0.05, 0.1) is 17.2 Å². The van der Waals surface area contributed by atoms with Crippen LogP contribution < -0.4 is 5.32 Å². The topological polar surface area (TPSA) is 110 Å². The third kappa shape index (κ3) is 6.27. The Balaban J connectivity index is 1.72. The quantitative estimate of drug-likeness (QED) is 0.434. The molecule has 3 rings (SSSR count). The van der Waals surface area contributed by atoms with Crippen molar-refractivity contribution < 1.29 is 24.3 Å². The standard InChI is InChI=1S/C27H36N4O5/c1-17(2)14-23(26(34)30(5)13-12-29(3)4)28-22(27(35)36)10-11-31-24(32)20-15-18-8-6-7-9-19(18)16-21(20)25(31)33/h6-9,15-17,22-23,28H,10-14H2,1-5H3,(H,35,36)/t22-,23+/m1/s1. The zero-order valence-electron chi connectivity index (χ0n) is 21.7. The lowest BCUT2D eigenvalue weighted by Crippen LogP contribution is -2.53. The van der Waals surface area contributed by atoms with E-state index in [0.717, 1.165) is 15.7 Å². The van der Waals surface area contributed by atoms with Gasteiger partial charge in [-0.05, 0) is 55.8 Å². The number of carbonyl (C=O) groups excluding carboxylic acids is 3. The van der Waals surface area contributed by atoms with Gasteiger partial charge in [0.15, 0.2) is 0 Å². The van der Waals surface area contributed by atoms with Crippen LogP contribution in [0.1, 0.15) is 47.4 Å². The number of benzene rings is 2. The lowest BCUT2D eigenvalue weighted by atomic mass is 10.0. The molecule has 0 aromatic heterocycles. The molecule has 1 aliphatic rings. The van der Waals surface area contributed by atoms with E-state index in [1.54, 1.807) is 24.1 Å². The van der Waals surface area contributed by atoms with Gasteiger partial charge >= 0.3 is 5.97 Å². The van der Waals surface area contributed by atoms with Crippen LogP contribution in [0.15, 0.2) is 36.4 Å². The van der Waals surface area contributed by atoms with Crippen LogP contribution in [0.3, 0.4) is 0 Å². The molecule has 2 N–H and O–H groups in total. The summed E-state index contributed by atoms with van der Waals surface area (Å²) in [6.45, 7) is 5.09. The number of carbonyl (C=O) groups is 4. The molecule has 0 fully saturated rings. The molecule has 1 heterocycles. The summed E-state index contributed by atoms with van der Waals surface area (Å²) >= 11 is 0. The largest absolute Gasteiger partial charge is 0.480 e. The summed E-state index contributed by atoms with van der Waals surface area (Å²) in [6, 6.07) is 9.11. The number of nitrogens with one attached hydrogen (secondary N) is 1. The van der Waals surface area contributed by atoms with E-state index in [4.69, 9.17) is 0 Å². The minimum Gasteiger partial charge on any atom is -0.480 e. The molecule has 3 amide bonds. The SMILES string of the molecule is CC(C)C[C@H](N[C@H](CCN1C(=O)c2cc3ccccc3cc2C1=O)C(=O)O)C(=O)N(C)CCN(C)C. The van der Waals surface area contributed by atoms with Gasteiger partial charge in [-0.3, -0.25) is 29.4 Å². The fraction of sp³-hybridized carbons (Fsp3) is 0.481. The third-order valence-electron chi connectivity index (χ3n) is 6.44. The Morgan fingerprint density at radius 2 is 1.50 bits per heavy atom. The maximum atomic E-state index is 13.1. The summed E-state index contributed by atoms with van der Waals surface area (Å²) in [5.41, 5.74) is 0.655. The number of imide groups is 1. The first-order valence-electron chi connectivity index (χ1n) is 12.3. The van der Waals surface area contributed by atoms with Crippen molar-refractivity contribution in [3.8, 4) is 0 Å². The van der Waals surface area contributed by atoms with Gasteiger partial charge in [-0.15, -0.1) is 0 Å². The van der Waals surface area contributed by atoms with Crippen molar-refractivity contribution in [2.45, 2.75) is 38.8 Å². The normalized spacial score (nSPS) is 15.0. The maximum Gasteiger partial charge on any atom is 0.320 e. The van der Waals surface area contributed by atoms with E-state index >= 15 is 0 Å². The first-order valence-corrected chi connectivity index (χ1v) is 12.3.